The summed E-state index contributed by atoms with van der Waals surface area (Å²) in [6.07, 6.45) is 5.49. The van der Waals surface area contributed by atoms with E-state index >= 15 is 0 Å². The van der Waals surface area contributed by atoms with E-state index in [0.717, 1.165) is 17.5 Å². The first-order valence-corrected chi connectivity index (χ1v) is 5.63. The first-order valence-electron chi connectivity index (χ1n) is 5.63. The molecule has 0 aromatic heterocycles. The Morgan fingerprint density at radius 2 is 2.00 bits per heavy atom. The van der Waals surface area contributed by atoms with Gasteiger partial charge in [-0.15, -0.1) is 0 Å². The Labute approximate surface area is 86.3 Å². The van der Waals surface area contributed by atoms with Crippen LogP contribution in [0.25, 0.3) is 0 Å². The molecule has 1 nitrogen and oxygen atoms in total. The van der Waals surface area contributed by atoms with Gasteiger partial charge in [0.2, 0.25) is 0 Å². The Bertz CT molecular complexity index is 306. The van der Waals surface area contributed by atoms with Crippen molar-refractivity contribution in [2.24, 2.45) is 5.92 Å². The average Bonchev–Trinajstić information content (AvgIpc) is 2.18. The number of hydrogen-bond donors (Lipinski definition) is 1. The van der Waals surface area contributed by atoms with Crippen LogP contribution >= 0.6 is 0 Å². The maximum atomic E-state index is 5.81. The highest BCUT2D eigenvalue weighted by molar-refractivity contribution is 5.42. The summed E-state index contributed by atoms with van der Waals surface area (Å²) in [6, 6.07) is 8.41. The average molecular weight is 189 g/mol. The van der Waals surface area contributed by atoms with E-state index in [1.54, 1.807) is 0 Å². The van der Waals surface area contributed by atoms with Crippen molar-refractivity contribution in [2.75, 3.05) is 5.73 Å². The number of nitrogens with two attached hydrogens (primary N) is 1. The van der Waals surface area contributed by atoms with Gasteiger partial charge in [0.25, 0.3) is 0 Å². The molecule has 1 fully saturated rings. The summed E-state index contributed by atoms with van der Waals surface area (Å²) < 4.78 is 0. The highest BCUT2D eigenvalue weighted by Crippen LogP contribution is 2.37. The van der Waals surface area contributed by atoms with Gasteiger partial charge in [0.1, 0.15) is 0 Å². The van der Waals surface area contributed by atoms with Crippen molar-refractivity contribution >= 4 is 5.69 Å². The van der Waals surface area contributed by atoms with Crippen LogP contribution in [0.4, 0.5) is 5.69 Å². The SMILES string of the molecule is C[C@H]1CCCC[C@H]1c1cccc(N)c1. The van der Waals surface area contributed by atoms with E-state index in [4.69, 9.17) is 5.73 Å². The molecule has 1 aliphatic rings. The summed E-state index contributed by atoms with van der Waals surface area (Å²) in [5, 5.41) is 0. The highest BCUT2D eigenvalue weighted by Gasteiger charge is 2.22. The predicted molar refractivity (Wildman–Crippen MR) is 61.2 cm³/mol. The zero-order valence-corrected chi connectivity index (χ0v) is 8.87. The Hall–Kier alpha value is -0.980. The molecule has 1 aliphatic carbocycles. The predicted octanol–water partition coefficient (Wildman–Crippen LogP) is 3.56. The minimum atomic E-state index is 0.743. The van der Waals surface area contributed by atoms with Crippen LogP contribution in [-0.4, -0.2) is 0 Å². The number of nitrogen functional groups attached to an aromatic ring is 1. The third-order valence-electron chi connectivity index (χ3n) is 3.45. The van der Waals surface area contributed by atoms with Gasteiger partial charge in [-0.05, 0) is 36.0 Å². The van der Waals surface area contributed by atoms with E-state index in [2.05, 4.69) is 25.1 Å². The summed E-state index contributed by atoms with van der Waals surface area (Å²) in [5.74, 6) is 1.57. The lowest BCUT2D eigenvalue weighted by atomic mass is 9.76. The van der Waals surface area contributed by atoms with E-state index < -0.39 is 0 Å². The van der Waals surface area contributed by atoms with Crippen LogP contribution < -0.4 is 5.73 Å². The summed E-state index contributed by atoms with van der Waals surface area (Å²) in [5.41, 5.74) is 8.16. The van der Waals surface area contributed by atoms with Crippen LogP contribution in [0.2, 0.25) is 0 Å². The maximum absolute atomic E-state index is 5.81. The van der Waals surface area contributed by atoms with Crippen molar-refractivity contribution in [3.05, 3.63) is 29.8 Å². The molecule has 2 atom stereocenters. The van der Waals surface area contributed by atoms with Gasteiger partial charge >= 0.3 is 0 Å². The van der Waals surface area contributed by atoms with Gasteiger partial charge in [0.15, 0.2) is 0 Å². The molecule has 1 aromatic rings. The Balaban J connectivity index is 2.20. The fourth-order valence-corrected chi connectivity index (χ4v) is 2.60. The summed E-state index contributed by atoms with van der Waals surface area (Å²) >= 11 is 0. The molecule has 0 amide bonds. The zero-order chi connectivity index (χ0) is 9.97. The molecule has 0 heterocycles. The summed E-state index contributed by atoms with van der Waals surface area (Å²) in [6.45, 7) is 2.37. The van der Waals surface area contributed by atoms with Gasteiger partial charge in [0, 0.05) is 5.69 Å². The second kappa shape index (κ2) is 4.04. The number of benzene rings is 1. The van der Waals surface area contributed by atoms with Crippen LogP contribution in [0.1, 0.15) is 44.1 Å². The lowest BCUT2D eigenvalue weighted by molar-refractivity contribution is 0.331. The van der Waals surface area contributed by atoms with E-state index in [1.807, 2.05) is 6.07 Å². The van der Waals surface area contributed by atoms with E-state index in [1.165, 1.54) is 31.2 Å². The fraction of sp³-hybridized carbons (Fsp3) is 0.538. The molecule has 2 rings (SSSR count). The van der Waals surface area contributed by atoms with E-state index in [0.29, 0.717) is 0 Å². The van der Waals surface area contributed by atoms with Crippen LogP contribution in [0.5, 0.6) is 0 Å². The van der Waals surface area contributed by atoms with Gasteiger partial charge in [-0.25, -0.2) is 0 Å². The molecule has 14 heavy (non-hydrogen) atoms. The lowest BCUT2D eigenvalue weighted by Gasteiger charge is -2.29. The van der Waals surface area contributed by atoms with E-state index in [9.17, 15) is 0 Å². The molecule has 0 spiro atoms. The lowest BCUT2D eigenvalue weighted by Crippen LogP contribution is -2.14. The minimum Gasteiger partial charge on any atom is -0.399 e. The molecule has 1 heteroatoms. The monoisotopic (exact) mass is 189 g/mol. The fourth-order valence-electron chi connectivity index (χ4n) is 2.60. The topological polar surface area (TPSA) is 26.0 Å². The highest BCUT2D eigenvalue weighted by atomic mass is 14.5. The molecule has 0 saturated heterocycles. The second-order valence-corrected chi connectivity index (χ2v) is 4.54. The molecule has 0 bridgehead atoms. The number of hydrogen-bond acceptors (Lipinski definition) is 1. The van der Waals surface area contributed by atoms with Crippen molar-refractivity contribution in [2.45, 2.75) is 38.5 Å². The zero-order valence-electron chi connectivity index (χ0n) is 8.87. The Morgan fingerprint density at radius 3 is 2.71 bits per heavy atom. The molecule has 0 unspecified atom stereocenters. The maximum Gasteiger partial charge on any atom is 0.0316 e. The molecule has 2 N–H and O–H groups in total. The van der Waals surface area contributed by atoms with Gasteiger partial charge in [-0.1, -0.05) is 38.3 Å². The summed E-state index contributed by atoms with van der Waals surface area (Å²) in [4.78, 5) is 0. The van der Waals surface area contributed by atoms with Crippen molar-refractivity contribution < 1.29 is 0 Å². The van der Waals surface area contributed by atoms with Crippen molar-refractivity contribution in [1.29, 1.82) is 0 Å². The van der Waals surface area contributed by atoms with Crippen LogP contribution in [-0.2, 0) is 0 Å². The molecule has 1 aromatic carbocycles. The standard InChI is InChI=1S/C13H19N/c1-10-5-2-3-8-13(10)11-6-4-7-12(14)9-11/h4,6-7,9-10,13H,2-3,5,8,14H2,1H3/t10-,13+/m0/s1. The molecule has 1 saturated carbocycles. The van der Waals surface area contributed by atoms with Gasteiger partial charge in [-0.2, -0.15) is 0 Å². The van der Waals surface area contributed by atoms with Crippen molar-refractivity contribution in [1.82, 2.24) is 0 Å². The van der Waals surface area contributed by atoms with E-state index in [-0.39, 0.29) is 0 Å². The molecule has 0 radical (unpaired) electrons. The van der Waals surface area contributed by atoms with Gasteiger partial charge < -0.3 is 5.73 Å². The molecule has 76 valence electrons. The Kier molecular flexibility index (Phi) is 2.76. The largest absolute Gasteiger partial charge is 0.399 e. The molecular formula is C13H19N. The number of rotatable bonds is 1. The van der Waals surface area contributed by atoms with Crippen LogP contribution in [0, 0.1) is 5.92 Å². The first-order chi connectivity index (χ1) is 6.77. The van der Waals surface area contributed by atoms with Crippen LogP contribution in [0.15, 0.2) is 24.3 Å². The van der Waals surface area contributed by atoms with Crippen molar-refractivity contribution in [3.8, 4) is 0 Å². The molecule has 0 aliphatic heterocycles. The van der Waals surface area contributed by atoms with Gasteiger partial charge in [-0.3, -0.25) is 0 Å². The van der Waals surface area contributed by atoms with Crippen molar-refractivity contribution in [3.63, 3.8) is 0 Å². The second-order valence-electron chi connectivity index (χ2n) is 4.54. The van der Waals surface area contributed by atoms with Crippen LogP contribution in [0.3, 0.4) is 0 Å². The molecular weight excluding hydrogens is 170 g/mol. The minimum absolute atomic E-state index is 0.743. The summed E-state index contributed by atoms with van der Waals surface area (Å²) in [7, 11) is 0. The quantitative estimate of drug-likeness (QED) is 0.672. The van der Waals surface area contributed by atoms with Gasteiger partial charge in [0.05, 0.1) is 0 Å². The Morgan fingerprint density at radius 1 is 1.21 bits per heavy atom. The third-order valence-corrected chi connectivity index (χ3v) is 3.45. The normalized spacial score (nSPS) is 27.5. The number of anilines is 1. The smallest absolute Gasteiger partial charge is 0.0316 e. The first kappa shape index (κ1) is 9.57. The third kappa shape index (κ3) is 1.92.